The van der Waals surface area contributed by atoms with Gasteiger partial charge >= 0.3 is 0 Å². The number of aromatic amines is 1. The van der Waals surface area contributed by atoms with E-state index >= 15 is 0 Å². The number of nitrogens with one attached hydrogen (secondary N) is 1. The quantitative estimate of drug-likeness (QED) is 0.943. The lowest BCUT2D eigenvalue weighted by molar-refractivity contribution is -0.130. The van der Waals surface area contributed by atoms with Crippen molar-refractivity contribution in [3.05, 3.63) is 36.0 Å². The molecule has 4 heteroatoms. The molecular weight excluding hydrogens is 286 g/mol. The number of aryl methyl sites for hydroxylation is 1. The first-order valence-electron chi connectivity index (χ1n) is 8.87. The Kier molecular flexibility index (Phi) is 4.08. The second kappa shape index (κ2) is 6.36. The zero-order chi connectivity index (χ0) is 15.6. The standard InChI is InChI=1S/C19H25N3O/c23-19(22-12-8-17(14-22)21-10-1-2-11-21)6-4-15-3-5-18-16(13-15)7-9-20-18/h3,5,7,9,13,17,20H,1-2,4,6,8,10-12,14H2. The molecule has 1 amide bonds. The summed E-state index contributed by atoms with van der Waals surface area (Å²) in [6.45, 7) is 4.33. The van der Waals surface area contributed by atoms with Crippen LogP contribution in [0.4, 0.5) is 0 Å². The zero-order valence-electron chi connectivity index (χ0n) is 13.6. The van der Waals surface area contributed by atoms with E-state index < -0.39 is 0 Å². The van der Waals surface area contributed by atoms with Gasteiger partial charge < -0.3 is 9.88 Å². The smallest absolute Gasteiger partial charge is 0.222 e. The van der Waals surface area contributed by atoms with Crippen LogP contribution < -0.4 is 0 Å². The molecule has 0 radical (unpaired) electrons. The third-order valence-electron chi connectivity index (χ3n) is 5.42. The lowest BCUT2D eigenvalue weighted by Crippen LogP contribution is -2.37. The average molecular weight is 311 g/mol. The minimum absolute atomic E-state index is 0.320. The molecule has 3 heterocycles. The molecular formula is C19H25N3O. The Balaban J connectivity index is 1.31. The van der Waals surface area contributed by atoms with Crippen LogP contribution in [0.1, 0.15) is 31.2 Å². The van der Waals surface area contributed by atoms with Crippen LogP contribution in [0.3, 0.4) is 0 Å². The van der Waals surface area contributed by atoms with Gasteiger partial charge in [0.05, 0.1) is 0 Å². The molecule has 2 saturated heterocycles. The molecule has 0 bridgehead atoms. The molecule has 122 valence electrons. The molecule has 1 unspecified atom stereocenters. The van der Waals surface area contributed by atoms with Crippen molar-refractivity contribution in [2.24, 2.45) is 0 Å². The molecule has 2 aliphatic heterocycles. The maximum atomic E-state index is 12.5. The Bertz CT molecular complexity index is 687. The van der Waals surface area contributed by atoms with Crippen molar-refractivity contribution >= 4 is 16.8 Å². The van der Waals surface area contributed by atoms with Crippen molar-refractivity contribution in [2.75, 3.05) is 26.2 Å². The van der Waals surface area contributed by atoms with Crippen LogP contribution >= 0.6 is 0 Å². The van der Waals surface area contributed by atoms with Crippen LogP contribution in [-0.2, 0) is 11.2 Å². The number of amides is 1. The number of hydrogen-bond acceptors (Lipinski definition) is 2. The minimum atomic E-state index is 0.320. The van der Waals surface area contributed by atoms with Gasteiger partial charge in [-0.15, -0.1) is 0 Å². The van der Waals surface area contributed by atoms with E-state index in [0.29, 0.717) is 18.4 Å². The Morgan fingerprint density at radius 1 is 1.17 bits per heavy atom. The first kappa shape index (κ1) is 14.8. The second-order valence-corrected chi connectivity index (χ2v) is 6.92. The average Bonchev–Trinajstić information content (AvgIpc) is 3.32. The monoisotopic (exact) mass is 311 g/mol. The van der Waals surface area contributed by atoms with Gasteiger partial charge in [-0.3, -0.25) is 9.69 Å². The summed E-state index contributed by atoms with van der Waals surface area (Å²) in [6, 6.07) is 9.12. The lowest BCUT2D eigenvalue weighted by Gasteiger charge is -2.23. The fraction of sp³-hybridized carbons (Fsp3) is 0.526. The summed E-state index contributed by atoms with van der Waals surface area (Å²) >= 11 is 0. The summed E-state index contributed by atoms with van der Waals surface area (Å²) in [7, 11) is 0. The highest BCUT2D eigenvalue weighted by atomic mass is 16.2. The van der Waals surface area contributed by atoms with E-state index in [4.69, 9.17) is 0 Å². The van der Waals surface area contributed by atoms with Gasteiger partial charge in [0.1, 0.15) is 0 Å². The normalized spacial score (nSPS) is 22.3. The maximum Gasteiger partial charge on any atom is 0.222 e. The summed E-state index contributed by atoms with van der Waals surface area (Å²) in [5.74, 6) is 0.320. The topological polar surface area (TPSA) is 39.3 Å². The van der Waals surface area contributed by atoms with Gasteiger partial charge in [-0.2, -0.15) is 0 Å². The van der Waals surface area contributed by atoms with Crippen molar-refractivity contribution < 1.29 is 4.79 Å². The molecule has 2 fully saturated rings. The number of carbonyl (C=O) groups excluding carboxylic acids is 1. The minimum Gasteiger partial charge on any atom is -0.361 e. The molecule has 0 spiro atoms. The molecule has 1 aromatic carbocycles. The molecule has 0 saturated carbocycles. The number of hydrogen-bond donors (Lipinski definition) is 1. The molecule has 4 nitrogen and oxygen atoms in total. The predicted molar refractivity (Wildman–Crippen MR) is 92.4 cm³/mol. The second-order valence-electron chi connectivity index (χ2n) is 6.92. The van der Waals surface area contributed by atoms with E-state index in [0.717, 1.165) is 31.4 Å². The molecule has 1 atom stereocenters. The van der Waals surface area contributed by atoms with Crippen molar-refractivity contribution in [1.82, 2.24) is 14.8 Å². The van der Waals surface area contributed by atoms with Crippen LogP contribution in [0, 0.1) is 0 Å². The molecule has 2 aliphatic rings. The Morgan fingerprint density at radius 3 is 2.91 bits per heavy atom. The highest BCUT2D eigenvalue weighted by Gasteiger charge is 2.31. The van der Waals surface area contributed by atoms with Gasteiger partial charge in [-0.25, -0.2) is 0 Å². The van der Waals surface area contributed by atoms with Gasteiger partial charge in [-0.05, 0) is 67.9 Å². The molecule has 1 N–H and O–H groups in total. The zero-order valence-corrected chi connectivity index (χ0v) is 13.6. The molecule has 1 aromatic heterocycles. The third kappa shape index (κ3) is 3.13. The third-order valence-corrected chi connectivity index (χ3v) is 5.42. The highest BCUT2D eigenvalue weighted by molar-refractivity contribution is 5.80. The Hall–Kier alpha value is -1.81. The van der Waals surface area contributed by atoms with Crippen LogP contribution in [0.5, 0.6) is 0 Å². The van der Waals surface area contributed by atoms with Gasteiger partial charge in [0.25, 0.3) is 0 Å². The fourth-order valence-corrected chi connectivity index (χ4v) is 4.04. The Morgan fingerprint density at radius 2 is 2.04 bits per heavy atom. The number of rotatable bonds is 4. The predicted octanol–water partition coefficient (Wildman–Crippen LogP) is 2.80. The van der Waals surface area contributed by atoms with E-state index in [1.54, 1.807) is 0 Å². The summed E-state index contributed by atoms with van der Waals surface area (Å²) < 4.78 is 0. The Labute approximate surface area is 137 Å². The SMILES string of the molecule is O=C(CCc1ccc2[nH]ccc2c1)N1CCC(N2CCCC2)C1. The fourth-order valence-electron chi connectivity index (χ4n) is 4.04. The number of aromatic nitrogens is 1. The lowest BCUT2D eigenvalue weighted by atomic mass is 10.1. The summed E-state index contributed by atoms with van der Waals surface area (Å²) in [4.78, 5) is 20.4. The number of fused-ring (bicyclic) bond motifs is 1. The molecule has 4 rings (SSSR count). The van der Waals surface area contributed by atoms with Crippen molar-refractivity contribution in [3.8, 4) is 0 Å². The van der Waals surface area contributed by atoms with Crippen LogP contribution in [0.2, 0.25) is 0 Å². The van der Waals surface area contributed by atoms with Crippen molar-refractivity contribution in [2.45, 2.75) is 38.1 Å². The first-order valence-corrected chi connectivity index (χ1v) is 8.87. The maximum absolute atomic E-state index is 12.5. The van der Waals surface area contributed by atoms with Crippen LogP contribution in [0.15, 0.2) is 30.5 Å². The van der Waals surface area contributed by atoms with Crippen molar-refractivity contribution in [1.29, 1.82) is 0 Å². The van der Waals surface area contributed by atoms with Crippen LogP contribution in [0.25, 0.3) is 10.9 Å². The summed E-state index contributed by atoms with van der Waals surface area (Å²) in [5, 5.41) is 1.23. The summed E-state index contributed by atoms with van der Waals surface area (Å²) in [6.07, 6.45) is 7.23. The number of carbonyl (C=O) groups is 1. The van der Waals surface area contributed by atoms with E-state index in [1.165, 1.54) is 36.9 Å². The number of H-pyrrole nitrogens is 1. The summed E-state index contributed by atoms with van der Waals surface area (Å²) in [5.41, 5.74) is 2.41. The largest absolute Gasteiger partial charge is 0.361 e. The first-order chi connectivity index (χ1) is 11.3. The molecule has 0 aliphatic carbocycles. The molecule has 23 heavy (non-hydrogen) atoms. The van der Waals surface area contributed by atoms with Crippen molar-refractivity contribution in [3.63, 3.8) is 0 Å². The molecule has 2 aromatic rings. The highest BCUT2D eigenvalue weighted by Crippen LogP contribution is 2.21. The number of benzene rings is 1. The van der Waals surface area contributed by atoms with Gasteiger partial charge in [0, 0.05) is 37.3 Å². The van der Waals surface area contributed by atoms with E-state index in [2.05, 4.69) is 39.0 Å². The number of nitrogens with zero attached hydrogens (tertiary/aromatic N) is 2. The van der Waals surface area contributed by atoms with E-state index in [9.17, 15) is 4.79 Å². The van der Waals surface area contributed by atoms with Gasteiger partial charge in [0.2, 0.25) is 5.91 Å². The number of likely N-dealkylation sites (tertiary alicyclic amines) is 2. The van der Waals surface area contributed by atoms with E-state index in [-0.39, 0.29) is 0 Å². The van der Waals surface area contributed by atoms with Gasteiger partial charge in [0.15, 0.2) is 0 Å². The van der Waals surface area contributed by atoms with Gasteiger partial charge in [-0.1, -0.05) is 6.07 Å². The van der Waals surface area contributed by atoms with E-state index in [1.807, 2.05) is 6.20 Å². The van der Waals surface area contributed by atoms with Crippen LogP contribution in [-0.4, -0.2) is 52.9 Å².